The van der Waals surface area contributed by atoms with E-state index in [1.165, 1.54) is 36.2 Å². The first-order valence-corrected chi connectivity index (χ1v) is 6.84. The number of benzene rings is 1. The molecule has 0 saturated heterocycles. The molecule has 1 rings (SSSR count). The third kappa shape index (κ3) is 6.52. The molecule has 0 fully saturated rings. The Balaban J connectivity index is 2.60. The topological polar surface area (TPSA) is 57.6 Å². The van der Waals surface area contributed by atoms with Gasteiger partial charge in [-0.05, 0) is 42.4 Å². The lowest BCUT2D eigenvalue weighted by Crippen LogP contribution is -2.28. The third-order valence-corrected chi connectivity index (χ3v) is 3.31. The highest BCUT2D eigenvalue weighted by Crippen LogP contribution is 2.36. The Morgan fingerprint density at radius 2 is 1.81 bits per heavy atom. The van der Waals surface area contributed by atoms with E-state index in [1.54, 1.807) is 0 Å². The molecule has 116 valence electrons. The number of rotatable bonds is 6. The molecule has 0 bridgehead atoms. The van der Waals surface area contributed by atoms with Crippen LogP contribution >= 0.6 is 11.8 Å². The summed E-state index contributed by atoms with van der Waals surface area (Å²) in [6, 6.07) is 5.11. The average molecular weight is 321 g/mol. The number of carboxylic acids is 1. The number of thioether (sulfide) groups is 1. The summed E-state index contributed by atoms with van der Waals surface area (Å²) in [5, 5.41) is 8.51. The Bertz CT molecular complexity index is 502. The number of alkyl halides is 3. The fourth-order valence-corrected chi connectivity index (χ4v) is 2.13. The van der Waals surface area contributed by atoms with Crippen molar-refractivity contribution in [3.63, 3.8) is 0 Å². The van der Waals surface area contributed by atoms with E-state index in [-0.39, 0.29) is 41.1 Å². The number of nitrogens with zero attached hydrogens (tertiary/aromatic N) is 1. The van der Waals surface area contributed by atoms with Crippen LogP contribution in [0.4, 0.5) is 13.2 Å². The Morgan fingerprint density at radius 1 is 1.24 bits per heavy atom. The average Bonchev–Trinajstić information content (AvgIpc) is 2.36. The number of hydrogen-bond donors (Lipinski definition) is 1. The number of carboxylic acid groups (broad SMARTS) is 1. The van der Waals surface area contributed by atoms with Gasteiger partial charge < -0.3 is 10.0 Å². The molecule has 21 heavy (non-hydrogen) atoms. The molecule has 1 aromatic rings. The van der Waals surface area contributed by atoms with Gasteiger partial charge in [0.1, 0.15) is 0 Å². The van der Waals surface area contributed by atoms with Crippen molar-refractivity contribution in [3.05, 3.63) is 29.8 Å². The molecule has 0 aliphatic heterocycles. The van der Waals surface area contributed by atoms with Crippen LogP contribution in [0, 0.1) is 0 Å². The molecule has 0 saturated carbocycles. The van der Waals surface area contributed by atoms with Gasteiger partial charge in [-0.1, -0.05) is 0 Å². The van der Waals surface area contributed by atoms with Crippen molar-refractivity contribution >= 4 is 23.6 Å². The van der Waals surface area contributed by atoms with Gasteiger partial charge in [-0.3, -0.25) is 9.59 Å². The Hall–Kier alpha value is -1.70. The zero-order valence-corrected chi connectivity index (χ0v) is 12.0. The van der Waals surface area contributed by atoms with Crippen LogP contribution in [0.2, 0.25) is 0 Å². The predicted molar refractivity (Wildman–Crippen MR) is 72.2 cm³/mol. The molecule has 8 heteroatoms. The number of carbonyl (C=O) groups excluding carboxylic acids is 1. The maximum atomic E-state index is 12.2. The van der Waals surface area contributed by atoms with Crippen LogP contribution in [0.15, 0.2) is 29.2 Å². The fraction of sp³-hybridized carbons (Fsp3) is 0.385. The third-order valence-electron chi connectivity index (χ3n) is 2.57. The van der Waals surface area contributed by atoms with Gasteiger partial charge in [-0.25, -0.2) is 0 Å². The van der Waals surface area contributed by atoms with E-state index in [0.29, 0.717) is 6.42 Å². The SMILES string of the molecule is CN(CCCC(=O)O)C(=O)c1ccc(SC(F)(F)F)cc1. The van der Waals surface area contributed by atoms with Gasteiger partial charge in [-0.2, -0.15) is 13.2 Å². The summed E-state index contributed by atoms with van der Waals surface area (Å²) < 4.78 is 36.5. The maximum Gasteiger partial charge on any atom is 0.446 e. The highest BCUT2D eigenvalue weighted by atomic mass is 32.2. The Kier molecular flexibility index (Phi) is 6.07. The van der Waals surface area contributed by atoms with Crippen LogP contribution in [0.25, 0.3) is 0 Å². The van der Waals surface area contributed by atoms with Crippen molar-refractivity contribution in [2.75, 3.05) is 13.6 Å². The van der Waals surface area contributed by atoms with Crippen LogP contribution in [0.3, 0.4) is 0 Å². The summed E-state index contributed by atoms with van der Waals surface area (Å²) in [6.07, 6.45) is 0.276. The van der Waals surface area contributed by atoms with Gasteiger partial charge >= 0.3 is 11.5 Å². The van der Waals surface area contributed by atoms with Crippen LogP contribution in [0.1, 0.15) is 23.2 Å². The van der Waals surface area contributed by atoms with E-state index in [0.717, 1.165) is 0 Å². The molecule has 1 N–H and O–H groups in total. The molecule has 0 atom stereocenters. The summed E-state index contributed by atoms with van der Waals surface area (Å²) in [5.74, 6) is -1.30. The van der Waals surface area contributed by atoms with Gasteiger partial charge in [0.25, 0.3) is 5.91 Å². The lowest BCUT2D eigenvalue weighted by Gasteiger charge is -2.16. The van der Waals surface area contributed by atoms with E-state index in [1.807, 2.05) is 0 Å². The van der Waals surface area contributed by atoms with Crippen LogP contribution < -0.4 is 0 Å². The lowest BCUT2D eigenvalue weighted by atomic mass is 10.2. The first-order valence-electron chi connectivity index (χ1n) is 6.02. The molecule has 0 radical (unpaired) electrons. The number of amides is 1. The predicted octanol–water partition coefficient (Wildman–Crippen LogP) is 3.24. The molecule has 0 spiro atoms. The minimum Gasteiger partial charge on any atom is -0.481 e. The van der Waals surface area contributed by atoms with Gasteiger partial charge in [0.05, 0.1) is 0 Å². The Labute approximate surface area is 123 Å². The lowest BCUT2D eigenvalue weighted by molar-refractivity contribution is -0.137. The molecule has 4 nitrogen and oxygen atoms in total. The molecule has 0 aliphatic rings. The van der Waals surface area contributed by atoms with Gasteiger partial charge in [-0.15, -0.1) is 0 Å². The first-order chi connectivity index (χ1) is 9.69. The number of aliphatic carboxylic acids is 1. The smallest absolute Gasteiger partial charge is 0.446 e. The molecular formula is C13H14F3NO3S. The van der Waals surface area contributed by atoms with Crippen molar-refractivity contribution in [2.24, 2.45) is 0 Å². The Morgan fingerprint density at radius 3 is 2.29 bits per heavy atom. The molecule has 1 amide bonds. The summed E-state index contributed by atoms with van der Waals surface area (Å²) in [6.45, 7) is 0.268. The van der Waals surface area contributed by atoms with Crippen molar-refractivity contribution in [2.45, 2.75) is 23.2 Å². The molecule has 0 heterocycles. The van der Waals surface area contributed by atoms with Gasteiger partial charge in [0.15, 0.2) is 0 Å². The highest BCUT2D eigenvalue weighted by molar-refractivity contribution is 8.00. The summed E-state index contributed by atoms with van der Waals surface area (Å²) in [4.78, 5) is 23.7. The van der Waals surface area contributed by atoms with Crippen molar-refractivity contribution in [1.82, 2.24) is 4.90 Å². The number of carbonyl (C=O) groups is 2. The summed E-state index contributed by atoms with van der Waals surface area (Å²) >= 11 is -0.244. The number of halogens is 3. The minimum atomic E-state index is -4.36. The van der Waals surface area contributed by atoms with Gasteiger partial charge in [0.2, 0.25) is 0 Å². The summed E-state index contributed by atoms with van der Waals surface area (Å²) in [7, 11) is 1.52. The van der Waals surface area contributed by atoms with Crippen molar-refractivity contribution < 1.29 is 27.9 Å². The van der Waals surface area contributed by atoms with Gasteiger partial charge in [0, 0.05) is 30.5 Å². The molecule has 0 aliphatic carbocycles. The van der Waals surface area contributed by atoms with Crippen molar-refractivity contribution in [3.8, 4) is 0 Å². The van der Waals surface area contributed by atoms with E-state index in [2.05, 4.69) is 0 Å². The second-order valence-electron chi connectivity index (χ2n) is 4.30. The first kappa shape index (κ1) is 17.4. The zero-order chi connectivity index (χ0) is 16.0. The van der Waals surface area contributed by atoms with Crippen LogP contribution in [0.5, 0.6) is 0 Å². The summed E-state index contributed by atoms with van der Waals surface area (Å²) in [5.41, 5.74) is -4.10. The minimum absolute atomic E-state index is 0.00702. The second-order valence-corrected chi connectivity index (χ2v) is 5.43. The van der Waals surface area contributed by atoms with Crippen LogP contribution in [-0.4, -0.2) is 41.0 Å². The van der Waals surface area contributed by atoms with E-state index in [4.69, 9.17) is 5.11 Å². The van der Waals surface area contributed by atoms with E-state index < -0.39 is 11.5 Å². The zero-order valence-electron chi connectivity index (χ0n) is 11.2. The highest BCUT2D eigenvalue weighted by Gasteiger charge is 2.29. The largest absolute Gasteiger partial charge is 0.481 e. The van der Waals surface area contributed by atoms with E-state index >= 15 is 0 Å². The second kappa shape index (κ2) is 7.35. The molecular weight excluding hydrogens is 307 g/mol. The molecule has 0 aromatic heterocycles. The quantitative estimate of drug-likeness (QED) is 0.817. The standard InChI is InChI=1S/C13H14F3NO3S/c1-17(8-2-3-11(18)19)12(20)9-4-6-10(7-5-9)21-13(14,15)16/h4-7H,2-3,8H2,1H3,(H,18,19). The normalized spacial score (nSPS) is 11.2. The van der Waals surface area contributed by atoms with Crippen LogP contribution in [-0.2, 0) is 4.79 Å². The monoisotopic (exact) mass is 321 g/mol. The molecule has 1 aromatic carbocycles. The fourth-order valence-electron chi connectivity index (χ4n) is 1.59. The van der Waals surface area contributed by atoms with Crippen molar-refractivity contribution in [1.29, 1.82) is 0 Å². The maximum absolute atomic E-state index is 12.2. The van der Waals surface area contributed by atoms with E-state index in [9.17, 15) is 22.8 Å². The molecule has 0 unspecified atom stereocenters. The number of hydrogen-bond acceptors (Lipinski definition) is 3.